The van der Waals surface area contributed by atoms with Gasteiger partial charge in [0.05, 0.1) is 11.8 Å². The number of carbonyl (C=O) groups is 2. The van der Waals surface area contributed by atoms with Gasteiger partial charge in [0.1, 0.15) is 0 Å². The molecule has 2 fully saturated rings. The van der Waals surface area contributed by atoms with Crippen LogP contribution in [0.1, 0.15) is 27.2 Å². The molecule has 4 atom stereocenters. The molecule has 0 aromatic heterocycles. The molecule has 1 radical (unpaired) electrons. The maximum atomic E-state index is 12.6. The first-order valence-corrected chi connectivity index (χ1v) is 7.70. The number of carbonyl (C=O) groups excluding carboxylic acids is 2. The van der Waals surface area contributed by atoms with Gasteiger partial charge < -0.3 is 0 Å². The van der Waals surface area contributed by atoms with Gasteiger partial charge >= 0.3 is 0 Å². The van der Waals surface area contributed by atoms with Gasteiger partial charge in [-0.3, -0.25) is 14.5 Å². The molecule has 1 aliphatic heterocycles. The Labute approximate surface area is 157 Å². The van der Waals surface area contributed by atoms with E-state index in [4.69, 9.17) is 0 Å². The van der Waals surface area contributed by atoms with Crippen molar-refractivity contribution in [2.45, 2.75) is 27.2 Å². The number of allylic oxidation sites excluding steroid dienone is 2. The fraction of sp³-hybridized carbons (Fsp3) is 0.444. The van der Waals surface area contributed by atoms with Crippen molar-refractivity contribution < 1.29 is 42.3 Å². The number of amides is 2. The van der Waals surface area contributed by atoms with Gasteiger partial charge in [0.2, 0.25) is 11.8 Å². The van der Waals surface area contributed by atoms with Gasteiger partial charge in [-0.25, -0.2) is 0 Å². The van der Waals surface area contributed by atoms with Crippen LogP contribution < -0.4 is 4.90 Å². The van der Waals surface area contributed by atoms with Crippen LogP contribution >= 0.6 is 0 Å². The van der Waals surface area contributed by atoms with Crippen LogP contribution in [0.2, 0.25) is 0 Å². The van der Waals surface area contributed by atoms with Crippen molar-refractivity contribution in [1.82, 2.24) is 0 Å². The maximum absolute atomic E-state index is 12.6. The summed E-state index contributed by atoms with van der Waals surface area (Å²) in [6.45, 7) is 6.08. The van der Waals surface area contributed by atoms with E-state index in [2.05, 4.69) is 19.1 Å². The van der Waals surface area contributed by atoms with Gasteiger partial charge in [0.25, 0.3) is 0 Å². The first-order chi connectivity index (χ1) is 10.2. The van der Waals surface area contributed by atoms with Crippen LogP contribution in [-0.2, 0) is 42.3 Å². The van der Waals surface area contributed by atoms with Gasteiger partial charge in [-0.1, -0.05) is 31.2 Å². The smallest absolute Gasteiger partial charge is 0.236 e. The molecule has 1 saturated carbocycles. The number of hydrogen-bond acceptors (Lipinski definition) is 2. The molecule has 1 saturated heterocycles. The Morgan fingerprint density at radius 1 is 1.09 bits per heavy atom. The number of hydrogen-bond donors (Lipinski definition) is 0. The third-order valence-corrected chi connectivity index (χ3v) is 4.84. The average molecular weight is 371 g/mol. The Kier molecular flexibility index (Phi) is 5.39. The minimum absolute atomic E-state index is 0. The quantitative estimate of drug-likeness (QED) is 0.432. The van der Waals surface area contributed by atoms with Gasteiger partial charge in [0, 0.05) is 32.7 Å². The fourth-order valence-corrected chi connectivity index (χ4v) is 4.06. The van der Waals surface area contributed by atoms with E-state index in [1.165, 1.54) is 10.5 Å². The number of anilines is 1. The van der Waals surface area contributed by atoms with E-state index < -0.39 is 0 Å². The van der Waals surface area contributed by atoms with Crippen LogP contribution in [0.3, 0.4) is 0 Å². The zero-order valence-electron chi connectivity index (χ0n) is 13.2. The van der Waals surface area contributed by atoms with E-state index in [-0.39, 0.29) is 68.2 Å². The van der Waals surface area contributed by atoms with Crippen LogP contribution in [0.4, 0.5) is 5.69 Å². The summed E-state index contributed by atoms with van der Waals surface area (Å²) >= 11 is 0. The average Bonchev–Trinajstić information content (AvgIpc) is 3.14. The molecule has 4 heteroatoms. The number of benzene rings is 1. The van der Waals surface area contributed by atoms with E-state index >= 15 is 0 Å². The standard InChI is InChI=1S/C16H14NO2.C2H6.Y/c1-9-7-10-8-12(9)14-13(10)15(18)17(16(14)19)11-5-3-2-4-6-11;1-2;/h3-7,10,12-14H,8H2,1H3;1-2H3;/q-1;;. The molecule has 0 N–H and O–H groups in total. The van der Waals surface area contributed by atoms with Crippen molar-refractivity contribution in [3.8, 4) is 0 Å². The van der Waals surface area contributed by atoms with Crippen molar-refractivity contribution in [2.24, 2.45) is 23.7 Å². The monoisotopic (exact) mass is 371 g/mol. The zero-order chi connectivity index (χ0) is 15.1. The predicted octanol–water partition coefficient (Wildman–Crippen LogP) is 3.21. The second kappa shape index (κ2) is 6.76. The molecule has 4 rings (SSSR count). The van der Waals surface area contributed by atoms with Gasteiger partial charge in [-0.2, -0.15) is 18.2 Å². The SMILES string of the molecule is CC.CC1=CC2CC1C1C(=O)N(c3cc[c-]cc3)C(=O)C21.[Y]. The van der Waals surface area contributed by atoms with Gasteiger partial charge in [-0.15, -0.1) is 12.1 Å². The van der Waals surface area contributed by atoms with E-state index in [0.717, 1.165) is 6.42 Å². The molecule has 1 aromatic rings. The molecule has 0 spiro atoms. The minimum atomic E-state index is -0.120. The van der Waals surface area contributed by atoms with Crippen molar-refractivity contribution in [3.63, 3.8) is 0 Å². The molecular weight excluding hydrogens is 351 g/mol. The molecular formula is C18H20NO2Y-. The number of rotatable bonds is 1. The fourth-order valence-electron chi connectivity index (χ4n) is 4.06. The van der Waals surface area contributed by atoms with E-state index in [0.29, 0.717) is 5.69 Å². The van der Waals surface area contributed by atoms with Crippen molar-refractivity contribution in [1.29, 1.82) is 0 Å². The summed E-state index contributed by atoms with van der Waals surface area (Å²) in [5, 5.41) is 0. The van der Waals surface area contributed by atoms with Crippen LogP contribution in [-0.4, -0.2) is 11.8 Å². The second-order valence-corrected chi connectivity index (χ2v) is 5.74. The Bertz CT molecular complexity index is 611. The van der Waals surface area contributed by atoms with E-state index in [9.17, 15) is 9.59 Å². The number of imide groups is 1. The molecule has 3 aliphatic rings. The zero-order valence-corrected chi connectivity index (χ0v) is 16.1. The molecule has 1 heterocycles. The van der Waals surface area contributed by atoms with Crippen LogP contribution in [0.15, 0.2) is 35.9 Å². The normalized spacial score (nSPS) is 31.2. The molecule has 2 amide bonds. The van der Waals surface area contributed by atoms with Gasteiger partial charge in [-0.05, 0) is 25.2 Å². The summed E-state index contributed by atoms with van der Waals surface area (Å²) in [5.41, 5.74) is 1.97. The van der Waals surface area contributed by atoms with Crippen molar-refractivity contribution >= 4 is 17.5 Å². The minimum Gasteiger partial charge on any atom is -0.274 e. The third kappa shape index (κ3) is 2.43. The van der Waals surface area contributed by atoms with E-state index in [1.807, 2.05) is 13.8 Å². The van der Waals surface area contributed by atoms with Crippen molar-refractivity contribution in [2.75, 3.05) is 4.90 Å². The summed E-state index contributed by atoms with van der Waals surface area (Å²) in [6, 6.07) is 9.94. The Morgan fingerprint density at radius 2 is 1.68 bits per heavy atom. The Balaban J connectivity index is 0.000000566. The van der Waals surface area contributed by atoms with E-state index in [1.54, 1.807) is 24.3 Å². The Morgan fingerprint density at radius 3 is 2.32 bits per heavy atom. The van der Waals surface area contributed by atoms with Gasteiger partial charge in [0.15, 0.2) is 0 Å². The number of nitrogens with zero attached hydrogens (tertiary/aromatic N) is 1. The molecule has 3 nitrogen and oxygen atoms in total. The maximum Gasteiger partial charge on any atom is 0.236 e. The first-order valence-electron chi connectivity index (χ1n) is 7.70. The summed E-state index contributed by atoms with van der Waals surface area (Å²) in [6.07, 6.45) is 3.17. The van der Waals surface area contributed by atoms with Crippen LogP contribution in [0, 0.1) is 29.7 Å². The third-order valence-electron chi connectivity index (χ3n) is 4.84. The molecule has 1 aromatic carbocycles. The molecule has 4 unspecified atom stereocenters. The predicted molar refractivity (Wildman–Crippen MR) is 81.5 cm³/mol. The second-order valence-electron chi connectivity index (χ2n) is 5.74. The summed E-state index contributed by atoms with van der Waals surface area (Å²) in [4.78, 5) is 26.5. The first kappa shape index (κ1) is 17.6. The van der Waals surface area contributed by atoms with Crippen molar-refractivity contribution in [3.05, 3.63) is 42.0 Å². The van der Waals surface area contributed by atoms with Crippen LogP contribution in [0.5, 0.6) is 0 Å². The van der Waals surface area contributed by atoms with Crippen LogP contribution in [0.25, 0.3) is 0 Å². The molecule has 113 valence electrons. The topological polar surface area (TPSA) is 37.4 Å². The molecule has 22 heavy (non-hydrogen) atoms. The molecule has 2 bridgehead atoms. The molecule has 2 aliphatic carbocycles. The summed E-state index contributed by atoms with van der Waals surface area (Å²) in [5.74, 6) is 0.286. The largest absolute Gasteiger partial charge is 0.274 e. The summed E-state index contributed by atoms with van der Waals surface area (Å²) in [7, 11) is 0. The summed E-state index contributed by atoms with van der Waals surface area (Å²) < 4.78 is 0. The Hall–Kier alpha value is -0.796. The number of fused-ring (bicyclic) bond motifs is 5.